The third kappa shape index (κ3) is 3.88. The average Bonchev–Trinajstić information content (AvgIpc) is 2.98. The second-order valence-corrected chi connectivity index (χ2v) is 9.47. The summed E-state index contributed by atoms with van der Waals surface area (Å²) in [4.78, 5) is 14.8. The highest BCUT2D eigenvalue weighted by Crippen LogP contribution is 2.30. The van der Waals surface area contributed by atoms with E-state index >= 15 is 0 Å². The Morgan fingerprint density at radius 1 is 1.07 bits per heavy atom. The number of carbonyl (C=O) groups is 1. The Morgan fingerprint density at radius 3 is 2.52 bits per heavy atom. The van der Waals surface area contributed by atoms with E-state index in [1.165, 1.54) is 32.1 Å². The van der Waals surface area contributed by atoms with E-state index in [-0.39, 0.29) is 16.7 Å². The zero-order valence-electron chi connectivity index (χ0n) is 15.6. The fraction of sp³-hybridized carbons (Fsp3) is 0.600. The van der Waals surface area contributed by atoms with Crippen LogP contribution < -0.4 is 5.32 Å². The van der Waals surface area contributed by atoms with Crippen LogP contribution in [0.1, 0.15) is 50.5 Å². The summed E-state index contributed by atoms with van der Waals surface area (Å²) < 4.78 is 28.5. The summed E-state index contributed by atoms with van der Waals surface area (Å²) in [7, 11) is -3.59. The molecule has 1 amide bonds. The summed E-state index contributed by atoms with van der Waals surface area (Å²) in [6.45, 7) is 2.12. The Hall–Kier alpha value is -1.89. The number of hydrogen-bond donors (Lipinski definition) is 1. The first-order chi connectivity index (χ1) is 13.0. The minimum atomic E-state index is -3.59. The highest BCUT2D eigenvalue weighted by Gasteiger charge is 2.34. The normalized spacial score (nSPS) is 23.0. The average molecular weight is 390 g/mol. The van der Waals surface area contributed by atoms with Gasteiger partial charge in [0.15, 0.2) is 5.84 Å². The lowest BCUT2D eigenvalue weighted by Gasteiger charge is -2.33. The van der Waals surface area contributed by atoms with Crippen molar-refractivity contribution in [1.82, 2.24) is 10.2 Å². The largest absolute Gasteiger partial charge is 0.356 e. The number of fused-ring (bicyclic) bond motifs is 1. The van der Waals surface area contributed by atoms with Gasteiger partial charge >= 0.3 is 0 Å². The van der Waals surface area contributed by atoms with Crippen LogP contribution in [0.15, 0.2) is 33.6 Å². The van der Waals surface area contributed by atoms with E-state index in [1.807, 2.05) is 17.0 Å². The van der Waals surface area contributed by atoms with E-state index in [2.05, 4.69) is 9.71 Å². The van der Waals surface area contributed by atoms with Crippen LogP contribution in [0.2, 0.25) is 0 Å². The maximum atomic E-state index is 12.5. The molecule has 4 rings (SSSR count). The molecule has 3 aliphatic rings. The second kappa shape index (κ2) is 7.62. The molecule has 1 aromatic rings. The topological polar surface area (TPSA) is 78.8 Å². The minimum Gasteiger partial charge on any atom is -0.356 e. The molecule has 0 unspecified atom stereocenters. The first-order valence-electron chi connectivity index (χ1n) is 10.0. The maximum absolute atomic E-state index is 12.5. The number of hydrogen-bond acceptors (Lipinski definition) is 4. The smallest absolute Gasteiger partial charge is 0.285 e. The van der Waals surface area contributed by atoms with E-state index in [4.69, 9.17) is 0 Å². The van der Waals surface area contributed by atoms with Crippen molar-refractivity contribution in [2.24, 2.45) is 16.2 Å². The van der Waals surface area contributed by atoms with Gasteiger partial charge in [-0.25, -0.2) is 0 Å². The number of rotatable bonds is 3. The molecule has 1 aliphatic carbocycles. The quantitative estimate of drug-likeness (QED) is 0.862. The van der Waals surface area contributed by atoms with Crippen LogP contribution >= 0.6 is 0 Å². The summed E-state index contributed by atoms with van der Waals surface area (Å²) in [6.07, 6.45) is 7.82. The molecule has 0 bridgehead atoms. The Morgan fingerprint density at radius 2 is 1.78 bits per heavy atom. The standard InChI is InChI=1S/C20H27N3O3S/c24-20(21-14-15-6-2-1-3-7-15)16-10-12-23(13-11-16)19-17-8-4-5-9-18(17)27(25,26)22-19/h4-5,8-9,15-16H,1-3,6-7,10-14H2,(H,21,24). The van der Waals surface area contributed by atoms with Crippen molar-refractivity contribution in [3.8, 4) is 0 Å². The van der Waals surface area contributed by atoms with Gasteiger partial charge in [0.1, 0.15) is 4.90 Å². The lowest BCUT2D eigenvalue weighted by atomic mass is 9.89. The monoisotopic (exact) mass is 389 g/mol. The predicted octanol–water partition coefficient (Wildman–Crippen LogP) is 2.54. The van der Waals surface area contributed by atoms with Crippen molar-refractivity contribution in [2.75, 3.05) is 19.6 Å². The molecule has 0 spiro atoms. The van der Waals surface area contributed by atoms with Gasteiger partial charge in [0.2, 0.25) is 5.91 Å². The molecule has 0 atom stereocenters. The van der Waals surface area contributed by atoms with Gasteiger partial charge in [-0.15, -0.1) is 4.40 Å². The van der Waals surface area contributed by atoms with Crippen LogP contribution in [-0.4, -0.2) is 44.7 Å². The SMILES string of the molecule is O=C(NCC1CCCCC1)C1CCN(C2=NS(=O)(=O)c3ccccc32)CC1. The summed E-state index contributed by atoms with van der Waals surface area (Å²) >= 11 is 0. The Kier molecular flexibility index (Phi) is 5.21. The molecule has 6 nitrogen and oxygen atoms in total. The third-order valence-corrected chi connectivity index (χ3v) is 7.39. The molecule has 146 valence electrons. The van der Waals surface area contributed by atoms with Crippen molar-refractivity contribution in [3.63, 3.8) is 0 Å². The minimum absolute atomic E-state index is 0.0127. The number of nitrogens with one attached hydrogen (secondary N) is 1. The van der Waals surface area contributed by atoms with Crippen molar-refractivity contribution < 1.29 is 13.2 Å². The molecule has 7 heteroatoms. The predicted molar refractivity (Wildman–Crippen MR) is 104 cm³/mol. The number of piperidine rings is 1. The first kappa shape index (κ1) is 18.5. The van der Waals surface area contributed by atoms with E-state index in [9.17, 15) is 13.2 Å². The van der Waals surface area contributed by atoms with Gasteiger partial charge in [-0.05, 0) is 43.7 Å². The van der Waals surface area contributed by atoms with Gasteiger partial charge in [-0.1, -0.05) is 31.4 Å². The van der Waals surface area contributed by atoms with Gasteiger partial charge in [-0.2, -0.15) is 8.42 Å². The van der Waals surface area contributed by atoms with Gasteiger partial charge in [-0.3, -0.25) is 4.79 Å². The summed E-state index contributed by atoms with van der Waals surface area (Å²) in [6, 6.07) is 6.96. The van der Waals surface area contributed by atoms with Crippen LogP contribution in [0.4, 0.5) is 0 Å². The van der Waals surface area contributed by atoms with Crippen molar-refractivity contribution in [2.45, 2.75) is 49.8 Å². The zero-order valence-corrected chi connectivity index (χ0v) is 16.4. The van der Waals surface area contributed by atoms with E-state index < -0.39 is 10.0 Å². The van der Waals surface area contributed by atoms with Crippen LogP contribution in [0.5, 0.6) is 0 Å². The molecule has 2 aliphatic heterocycles. The van der Waals surface area contributed by atoms with Crippen molar-refractivity contribution in [3.05, 3.63) is 29.8 Å². The summed E-state index contributed by atoms with van der Waals surface area (Å²) in [5, 5.41) is 3.15. The van der Waals surface area contributed by atoms with Crippen LogP contribution in [-0.2, 0) is 14.8 Å². The molecule has 27 heavy (non-hydrogen) atoms. The molecular formula is C20H27N3O3S. The molecule has 2 heterocycles. The first-order valence-corrected chi connectivity index (χ1v) is 11.5. The number of carbonyl (C=O) groups excluding carboxylic acids is 1. The Balaban J connectivity index is 1.33. The lowest BCUT2D eigenvalue weighted by Crippen LogP contribution is -2.43. The van der Waals surface area contributed by atoms with Gasteiger partial charge in [0, 0.05) is 31.1 Å². The fourth-order valence-corrected chi connectivity index (χ4v) is 5.68. The molecule has 1 N–H and O–H groups in total. The molecule has 1 saturated heterocycles. The summed E-state index contributed by atoms with van der Waals surface area (Å²) in [5.74, 6) is 1.34. The van der Waals surface area contributed by atoms with Crippen LogP contribution in [0.25, 0.3) is 0 Å². The highest BCUT2D eigenvalue weighted by atomic mass is 32.2. The van der Waals surface area contributed by atoms with Crippen LogP contribution in [0.3, 0.4) is 0 Å². The Labute approximate surface area is 161 Å². The van der Waals surface area contributed by atoms with E-state index in [1.54, 1.807) is 12.1 Å². The Bertz CT molecular complexity index is 836. The third-order valence-electron chi connectivity index (χ3n) is 6.07. The fourth-order valence-electron chi connectivity index (χ4n) is 4.45. The van der Waals surface area contributed by atoms with Gasteiger partial charge < -0.3 is 10.2 Å². The lowest BCUT2D eigenvalue weighted by molar-refractivity contribution is -0.126. The zero-order chi connectivity index (χ0) is 18.9. The molecule has 2 fully saturated rings. The van der Waals surface area contributed by atoms with Gasteiger partial charge in [0.05, 0.1) is 0 Å². The van der Waals surface area contributed by atoms with Crippen molar-refractivity contribution >= 4 is 21.8 Å². The number of likely N-dealkylation sites (tertiary alicyclic amines) is 1. The highest BCUT2D eigenvalue weighted by molar-refractivity contribution is 7.90. The number of amides is 1. The molecule has 0 aromatic heterocycles. The molecule has 0 radical (unpaired) electrons. The van der Waals surface area contributed by atoms with Crippen LogP contribution in [0, 0.1) is 11.8 Å². The number of benzene rings is 1. The molecule has 1 saturated carbocycles. The molecule has 1 aromatic carbocycles. The maximum Gasteiger partial charge on any atom is 0.285 e. The van der Waals surface area contributed by atoms with E-state index in [0.717, 1.165) is 19.4 Å². The second-order valence-electron chi connectivity index (χ2n) is 7.90. The molecular weight excluding hydrogens is 362 g/mol. The summed E-state index contributed by atoms with van der Waals surface area (Å²) in [5.41, 5.74) is 0.678. The number of amidine groups is 1. The number of nitrogens with zero attached hydrogens (tertiary/aromatic N) is 2. The van der Waals surface area contributed by atoms with Crippen molar-refractivity contribution in [1.29, 1.82) is 0 Å². The van der Waals surface area contributed by atoms with E-state index in [0.29, 0.717) is 30.4 Å². The number of sulfonamides is 1. The van der Waals surface area contributed by atoms with Gasteiger partial charge in [0.25, 0.3) is 10.0 Å².